The van der Waals surface area contributed by atoms with Crippen molar-refractivity contribution in [2.45, 2.75) is 45.6 Å². The van der Waals surface area contributed by atoms with Crippen molar-refractivity contribution >= 4 is 0 Å². The van der Waals surface area contributed by atoms with Crippen LogP contribution in [0.4, 0.5) is 0 Å². The van der Waals surface area contributed by atoms with Crippen molar-refractivity contribution in [3.05, 3.63) is 76.7 Å². The molecule has 166 valence electrons. The summed E-state index contributed by atoms with van der Waals surface area (Å²) < 4.78 is 9.73. The molecule has 0 amide bonds. The van der Waals surface area contributed by atoms with Gasteiger partial charge in [-0.15, -0.1) is 5.10 Å². The lowest BCUT2D eigenvalue weighted by atomic mass is 10.0. The highest BCUT2D eigenvalue weighted by Gasteiger charge is 2.33. The second kappa shape index (κ2) is 8.55. The van der Waals surface area contributed by atoms with Gasteiger partial charge in [-0.25, -0.2) is 9.36 Å². The van der Waals surface area contributed by atoms with Crippen LogP contribution >= 0.6 is 0 Å². The molecule has 7 heteroatoms. The molecule has 2 heterocycles. The highest BCUT2D eigenvalue weighted by Crippen LogP contribution is 2.40. The van der Waals surface area contributed by atoms with Crippen molar-refractivity contribution in [1.82, 2.24) is 24.8 Å². The molecule has 0 aliphatic heterocycles. The maximum Gasteiger partial charge on any atom is 0.144 e. The van der Waals surface area contributed by atoms with E-state index >= 15 is 0 Å². The Balaban J connectivity index is 1.63. The highest BCUT2D eigenvalue weighted by molar-refractivity contribution is 5.70. The maximum atomic E-state index is 9.25. The van der Waals surface area contributed by atoms with Gasteiger partial charge in [0.15, 0.2) is 0 Å². The number of aryl methyl sites for hydroxylation is 1. The van der Waals surface area contributed by atoms with Gasteiger partial charge in [-0.2, -0.15) is 10.4 Å². The molecule has 0 saturated heterocycles. The number of rotatable bonds is 6. The molecule has 0 spiro atoms. The van der Waals surface area contributed by atoms with Gasteiger partial charge in [0.2, 0.25) is 0 Å². The number of aromatic nitrogens is 5. The monoisotopic (exact) mass is 438 g/mol. The van der Waals surface area contributed by atoms with Crippen molar-refractivity contribution in [2.24, 2.45) is 0 Å². The van der Waals surface area contributed by atoms with Crippen molar-refractivity contribution in [2.75, 3.05) is 7.11 Å². The van der Waals surface area contributed by atoms with Gasteiger partial charge in [-0.1, -0.05) is 43.3 Å². The van der Waals surface area contributed by atoms with E-state index in [1.165, 1.54) is 11.3 Å². The second-order valence-corrected chi connectivity index (χ2v) is 8.24. The van der Waals surface area contributed by atoms with Gasteiger partial charge in [0, 0.05) is 17.5 Å². The third-order valence-electron chi connectivity index (χ3n) is 6.42. The van der Waals surface area contributed by atoms with Crippen LogP contribution in [0.2, 0.25) is 0 Å². The molecule has 0 N–H and O–H groups in total. The molecule has 2 aromatic heterocycles. The lowest BCUT2D eigenvalue weighted by molar-refractivity contribution is 0.411. The zero-order valence-electron chi connectivity index (χ0n) is 19.1. The number of hydrogen-bond donors (Lipinski definition) is 0. The van der Waals surface area contributed by atoms with Gasteiger partial charge < -0.3 is 4.74 Å². The Kier molecular flexibility index (Phi) is 5.43. The molecular formula is C26H26N6O. The average Bonchev–Trinajstić information content (AvgIpc) is 3.55. The smallest absolute Gasteiger partial charge is 0.144 e. The minimum absolute atomic E-state index is 0.203. The van der Waals surface area contributed by atoms with E-state index in [1.807, 2.05) is 53.2 Å². The Morgan fingerprint density at radius 3 is 2.55 bits per heavy atom. The lowest BCUT2D eigenvalue weighted by Gasteiger charge is -2.16. The van der Waals surface area contributed by atoms with Gasteiger partial charge in [0.25, 0.3) is 0 Å². The fourth-order valence-electron chi connectivity index (χ4n) is 4.84. The predicted octanol–water partition coefficient (Wildman–Crippen LogP) is 4.48. The number of methoxy groups -OCH3 is 1. The summed E-state index contributed by atoms with van der Waals surface area (Å²) >= 11 is 0. The van der Waals surface area contributed by atoms with Crippen LogP contribution in [0.25, 0.3) is 16.9 Å². The van der Waals surface area contributed by atoms with Crippen molar-refractivity contribution in [1.29, 1.82) is 5.26 Å². The number of fused-ring (bicyclic) bond motifs is 1. The third kappa shape index (κ3) is 3.48. The molecule has 0 saturated carbocycles. The van der Waals surface area contributed by atoms with Gasteiger partial charge in [-0.05, 0) is 43.5 Å². The summed E-state index contributed by atoms with van der Waals surface area (Å²) in [7, 11) is 1.68. The van der Waals surface area contributed by atoms with E-state index in [-0.39, 0.29) is 6.04 Å². The van der Waals surface area contributed by atoms with E-state index in [4.69, 9.17) is 9.84 Å². The SMILES string of the molecule is CCc1nnn([C@@H]2Cc3nn(-c4ccccc4OC)c(-c4ccc(C#N)cc4)c3C2)c1CC. The fourth-order valence-corrected chi connectivity index (χ4v) is 4.84. The molecule has 2 aromatic carbocycles. The van der Waals surface area contributed by atoms with Gasteiger partial charge in [-0.3, -0.25) is 0 Å². The molecule has 0 radical (unpaired) electrons. The number of nitriles is 1. The zero-order valence-corrected chi connectivity index (χ0v) is 19.1. The minimum atomic E-state index is 0.203. The normalized spacial score (nSPS) is 14.8. The Labute approximate surface area is 193 Å². The minimum Gasteiger partial charge on any atom is -0.494 e. The first-order valence-corrected chi connectivity index (χ1v) is 11.4. The van der Waals surface area contributed by atoms with Crippen LogP contribution in [-0.2, 0) is 25.7 Å². The van der Waals surface area contributed by atoms with E-state index < -0.39 is 0 Å². The number of hydrogen-bond acceptors (Lipinski definition) is 5. The molecule has 0 bridgehead atoms. The molecule has 0 unspecified atom stereocenters. The van der Waals surface area contributed by atoms with Crippen molar-refractivity contribution in [3.63, 3.8) is 0 Å². The topological polar surface area (TPSA) is 81.6 Å². The van der Waals surface area contributed by atoms with Crippen molar-refractivity contribution in [3.8, 4) is 28.8 Å². The summed E-state index contributed by atoms with van der Waals surface area (Å²) in [6.07, 6.45) is 3.44. The van der Waals surface area contributed by atoms with Gasteiger partial charge in [0.1, 0.15) is 11.4 Å². The Morgan fingerprint density at radius 2 is 1.85 bits per heavy atom. The third-order valence-corrected chi connectivity index (χ3v) is 6.42. The first-order valence-electron chi connectivity index (χ1n) is 11.4. The summed E-state index contributed by atoms with van der Waals surface area (Å²) in [6.45, 7) is 4.28. The summed E-state index contributed by atoms with van der Waals surface area (Å²) in [6, 6.07) is 18.0. The molecule has 33 heavy (non-hydrogen) atoms. The van der Waals surface area contributed by atoms with E-state index in [2.05, 4.69) is 34.9 Å². The van der Waals surface area contributed by atoms with E-state index in [9.17, 15) is 5.26 Å². The van der Waals surface area contributed by atoms with Gasteiger partial charge in [0.05, 0.1) is 47.6 Å². The molecule has 7 nitrogen and oxygen atoms in total. The molecule has 1 aliphatic rings. The molecule has 1 aliphatic carbocycles. The van der Waals surface area contributed by atoms with E-state index in [0.717, 1.165) is 59.8 Å². The summed E-state index contributed by atoms with van der Waals surface area (Å²) in [5.41, 5.74) is 8.17. The highest BCUT2D eigenvalue weighted by atomic mass is 16.5. The largest absolute Gasteiger partial charge is 0.494 e. The van der Waals surface area contributed by atoms with E-state index in [0.29, 0.717) is 5.56 Å². The van der Waals surface area contributed by atoms with Gasteiger partial charge >= 0.3 is 0 Å². The molecule has 0 fully saturated rings. The number of para-hydroxylation sites is 2. The maximum absolute atomic E-state index is 9.25. The molecular weight excluding hydrogens is 412 g/mol. The lowest BCUT2D eigenvalue weighted by Crippen LogP contribution is -2.15. The standard InChI is InChI=1S/C26H26N6O/c1-4-21-23(5-2)31(30-28-21)19-14-20-22(15-19)29-32(24-8-6-7-9-25(24)33-3)26(20)18-12-10-17(16-27)11-13-18/h6-13,19H,4-5,14-15H2,1-3H3/t19-/m0/s1. The molecule has 4 aromatic rings. The number of ether oxygens (including phenoxy) is 1. The van der Waals surface area contributed by atoms with Crippen LogP contribution in [-0.4, -0.2) is 31.9 Å². The Bertz CT molecular complexity index is 1340. The first-order chi connectivity index (χ1) is 16.2. The van der Waals surface area contributed by atoms with Crippen LogP contribution < -0.4 is 4.74 Å². The first kappa shape index (κ1) is 21.0. The Morgan fingerprint density at radius 1 is 1.06 bits per heavy atom. The molecule has 1 atom stereocenters. The number of nitrogens with zero attached hydrogens (tertiary/aromatic N) is 6. The average molecular weight is 439 g/mol. The molecule has 5 rings (SSSR count). The zero-order chi connectivity index (χ0) is 22.9. The van der Waals surface area contributed by atoms with E-state index in [1.54, 1.807) is 7.11 Å². The predicted molar refractivity (Wildman–Crippen MR) is 125 cm³/mol. The number of benzene rings is 2. The second-order valence-electron chi connectivity index (χ2n) is 8.24. The summed E-state index contributed by atoms with van der Waals surface area (Å²) in [5, 5.41) is 23.2. The Hall–Kier alpha value is -3.92. The van der Waals surface area contributed by atoms with Crippen LogP contribution in [0.5, 0.6) is 5.75 Å². The van der Waals surface area contributed by atoms with Crippen molar-refractivity contribution < 1.29 is 4.74 Å². The summed E-state index contributed by atoms with van der Waals surface area (Å²) in [4.78, 5) is 0. The fraction of sp³-hybridized carbons (Fsp3) is 0.308. The van der Waals surface area contributed by atoms with Crippen LogP contribution in [0.3, 0.4) is 0 Å². The quantitative estimate of drug-likeness (QED) is 0.443. The summed E-state index contributed by atoms with van der Waals surface area (Å²) in [5.74, 6) is 0.766. The van der Waals surface area contributed by atoms with Crippen LogP contribution in [0, 0.1) is 11.3 Å². The van der Waals surface area contributed by atoms with Crippen LogP contribution in [0.1, 0.15) is 48.1 Å². The van der Waals surface area contributed by atoms with Crippen LogP contribution in [0.15, 0.2) is 48.5 Å².